The fourth-order valence-electron chi connectivity index (χ4n) is 2.62. The number of benzene rings is 1. The van der Waals surface area contributed by atoms with Crippen LogP contribution in [0.15, 0.2) is 59.3 Å². The predicted molar refractivity (Wildman–Crippen MR) is 98.2 cm³/mol. The van der Waals surface area contributed by atoms with Crippen LogP contribution < -0.4 is 5.32 Å². The van der Waals surface area contributed by atoms with E-state index in [1.807, 2.05) is 43.3 Å². The van der Waals surface area contributed by atoms with E-state index in [2.05, 4.69) is 32.6 Å². The maximum atomic E-state index is 12.1. The first-order valence-corrected chi connectivity index (χ1v) is 8.78. The number of aromatic nitrogens is 3. The maximum absolute atomic E-state index is 12.1. The van der Waals surface area contributed by atoms with Crippen molar-refractivity contribution >= 4 is 5.91 Å². The van der Waals surface area contributed by atoms with Gasteiger partial charge in [0.15, 0.2) is 0 Å². The predicted octanol–water partition coefficient (Wildman–Crippen LogP) is 3.20. The van der Waals surface area contributed by atoms with Crippen molar-refractivity contribution in [3.8, 4) is 11.5 Å². The smallest absolute Gasteiger partial charge is 0.227 e. The van der Waals surface area contributed by atoms with Crippen molar-refractivity contribution in [1.29, 1.82) is 0 Å². The molecule has 0 fully saturated rings. The monoisotopic (exact) mass is 350 g/mol. The van der Waals surface area contributed by atoms with Gasteiger partial charge < -0.3 is 9.84 Å². The Hall–Kier alpha value is -3.02. The van der Waals surface area contributed by atoms with E-state index >= 15 is 0 Å². The highest BCUT2D eigenvalue weighted by Gasteiger charge is 2.12. The molecule has 6 nitrogen and oxygen atoms in total. The quantitative estimate of drug-likeness (QED) is 0.675. The first kappa shape index (κ1) is 17.8. The average molecular weight is 350 g/mol. The molecule has 26 heavy (non-hydrogen) atoms. The van der Waals surface area contributed by atoms with Gasteiger partial charge in [0.1, 0.15) is 5.69 Å². The molecule has 1 unspecified atom stereocenters. The third-order valence-electron chi connectivity index (χ3n) is 4.04. The minimum Gasteiger partial charge on any atom is -0.354 e. The van der Waals surface area contributed by atoms with Gasteiger partial charge >= 0.3 is 0 Å². The summed E-state index contributed by atoms with van der Waals surface area (Å²) in [6.07, 6.45) is 4.26. The molecule has 0 bridgehead atoms. The standard InChI is InChI=1S/C20H22N4O2/c1-15(10-11-16-7-3-2-4-8-16)22-18(25)12-13-19-23-20(24-26-19)17-9-5-6-14-21-17/h2-9,14-15H,10-13H2,1H3,(H,22,25). The van der Waals surface area contributed by atoms with Crippen molar-refractivity contribution in [1.82, 2.24) is 20.4 Å². The number of pyridine rings is 1. The van der Waals surface area contributed by atoms with Gasteiger partial charge in [-0.2, -0.15) is 4.98 Å². The largest absolute Gasteiger partial charge is 0.354 e. The Bertz CT molecular complexity index is 818. The van der Waals surface area contributed by atoms with Gasteiger partial charge in [0.2, 0.25) is 17.6 Å². The van der Waals surface area contributed by atoms with Gasteiger partial charge in [-0.1, -0.05) is 41.6 Å². The molecular weight excluding hydrogens is 328 g/mol. The van der Waals surface area contributed by atoms with Gasteiger partial charge in [-0.15, -0.1) is 0 Å². The molecule has 3 rings (SSSR count). The Morgan fingerprint density at radius 1 is 1.12 bits per heavy atom. The summed E-state index contributed by atoms with van der Waals surface area (Å²) in [7, 11) is 0. The van der Waals surface area contributed by atoms with E-state index in [0.717, 1.165) is 12.8 Å². The molecule has 0 saturated carbocycles. The van der Waals surface area contributed by atoms with E-state index in [4.69, 9.17) is 4.52 Å². The Balaban J connectivity index is 1.42. The number of nitrogens with zero attached hydrogens (tertiary/aromatic N) is 3. The van der Waals surface area contributed by atoms with Crippen LogP contribution in [0.1, 0.15) is 31.2 Å². The minimum atomic E-state index is -0.0110. The summed E-state index contributed by atoms with van der Waals surface area (Å²) in [5.74, 6) is 0.873. The Morgan fingerprint density at radius 2 is 1.92 bits per heavy atom. The topological polar surface area (TPSA) is 80.9 Å². The molecule has 0 aliphatic carbocycles. The molecule has 1 atom stereocenters. The van der Waals surface area contributed by atoms with E-state index in [1.165, 1.54) is 5.56 Å². The summed E-state index contributed by atoms with van der Waals surface area (Å²) in [5, 5.41) is 6.93. The number of amides is 1. The van der Waals surface area contributed by atoms with Crippen molar-refractivity contribution in [3.05, 3.63) is 66.2 Å². The van der Waals surface area contributed by atoms with E-state index in [-0.39, 0.29) is 11.9 Å². The van der Waals surface area contributed by atoms with E-state index < -0.39 is 0 Å². The first-order valence-electron chi connectivity index (χ1n) is 8.78. The van der Waals surface area contributed by atoms with Crippen LogP contribution in [0.25, 0.3) is 11.5 Å². The molecule has 6 heteroatoms. The highest BCUT2D eigenvalue weighted by atomic mass is 16.5. The number of nitrogens with one attached hydrogen (secondary N) is 1. The molecule has 1 N–H and O–H groups in total. The van der Waals surface area contributed by atoms with Crippen LogP contribution in [0.4, 0.5) is 0 Å². The molecule has 0 aliphatic rings. The fraction of sp³-hybridized carbons (Fsp3) is 0.300. The second-order valence-corrected chi connectivity index (χ2v) is 6.22. The number of hydrogen-bond donors (Lipinski definition) is 1. The third kappa shape index (κ3) is 5.24. The SMILES string of the molecule is CC(CCc1ccccc1)NC(=O)CCc1nc(-c2ccccn2)no1. The number of carbonyl (C=O) groups is 1. The normalized spacial score (nSPS) is 11.9. The van der Waals surface area contributed by atoms with Gasteiger partial charge in [0.25, 0.3) is 0 Å². The number of hydrogen-bond acceptors (Lipinski definition) is 5. The molecule has 2 aromatic heterocycles. The molecule has 0 radical (unpaired) electrons. The second-order valence-electron chi connectivity index (χ2n) is 6.22. The van der Waals surface area contributed by atoms with Crippen LogP contribution in [-0.4, -0.2) is 27.1 Å². The molecule has 0 aliphatic heterocycles. The zero-order valence-corrected chi connectivity index (χ0v) is 14.8. The van der Waals surface area contributed by atoms with Crippen LogP contribution in [-0.2, 0) is 17.6 Å². The number of rotatable bonds is 8. The Kier molecular flexibility index (Phi) is 6.09. The average Bonchev–Trinajstić information content (AvgIpc) is 3.15. The summed E-state index contributed by atoms with van der Waals surface area (Å²) in [6.45, 7) is 2.02. The van der Waals surface area contributed by atoms with Gasteiger partial charge in [-0.25, -0.2) is 0 Å². The number of aryl methyl sites for hydroxylation is 2. The van der Waals surface area contributed by atoms with Crippen molar-refractivity contribution in [3.63, 3.8) is 0 Å². The second kappa shape index (κ2) is 8.89. The van der Waals surface area contributed by atoms with E-state index in [1.54, 1.807) is 6.20 Å². The van der Waals surface area contributed by atoms with E-state index in [9.17, 15) is 4.79 Å². The molecule has 134 valence electrons. The summed E-state index contributed by atoms with van der Waals surface area (Å²) >= 11 is 0. The summed E-state index contributed by atoms with van der Waals surface area (Å²) in [6, 6.07) is 15.9. The maximum Gasteiger partial charge on any atom is 0.227 e. The Morgan fingerprint density at radius 3 is 2.69 bits per heavy atom. The summed E-state index contributed by atoms with van der Waals surface area (Å²) in [5.41, 5.74) is 1.93. The molecule has 1 amide bonds. The molecule has 0 saturated heterocycles. The molecular formula is C20H22N4O2. The lowest BCUT2D eigenvalue weighted by Crippen LogP contribution is -2.33. The third-order valence-corrected chi connectivity index (χ3v) is 4.04. The van der Waals surface area contributed by atoms with Gasteiger partial charge in [0, 0.05) is 25.1 Å². The fourth-order valence-corrected chi connectivity index (χ4v) is 2.62. The first-order chi connectivity index (χ1) is 12.7. The number of carbonyl (C=O) groups excluding carboxylic acids is 1. The molecule has 3 aromatic rings. The Labute approximate surface area is 152 Å². The lowest BCUT2D eigenvalue weighted by molar-refractivity contribution is -0.121. The minimum absolute atomic E-state index is 0.0110. The van der Waals surface area contributed by atoms with Crippen molar-refractivity contribution in [2.75, 3.05) is 0 Å². The van der Waals surface area contributed by atoms with Gasteiger partial charge in [-0.3, -0.25) is 9.78 Å². The molecule has 1 aromatic carbocycles. The van der Waals surface area contributed by atoms with E-state index in [0.29, 0.717) is 30.3 Å². The van der Waals surface area contributed by atoms with Crippen molar-refractivity contribution in [2.24, 2.45) is 0 Å². The van der Waals surface area contributed by atoms with Crippen LogP contribution in [0.5, 0.6) is 0 Å². The van der Waals surface area contributed by atoms with Crippen LogP contribution in [0, 0.1) is 0 Å². The summed E-state index contributed by atoms with van der Waals surface area (Å²) < 4.78 is 5.20. The zero-order valence-electron chi connectivity index (χ0n) is 14.8. The van der Waals surface area contributed by atoms with Crippen molar-refractivity contribution in [2.45, 2.75) is 38.6 Å². The highest BCUT2D eigenvalue weighted by molar-refractivity contribution is 5.76. The molecule has 0 spiro atoms. The van der Waals surface area contributed by atoms with Crippen LogP contribution >= 0.6 is 0 Å². The van der Waals surface area contributed by atoms with Gasteiger partial charge in [-0.05, 0) is 37.5 Å². The van der Waals surface area contributed by atoms with Crippen LogP contribution in [0.3, 0.4) is 0 Å². The van der Waals surface area contributed by atoms with Gasteiger partial charge in [0.05, 0.1) is 0 Å². The lowest BCUT2D eigenvalue weighted by Gasteiger charge is -2.13. The highest BCUT2D eigenvalue weighted by Crippen LogP contribution is 2.12. The molecule has 2 heterocycles. The summed E-state index contributed by atoms with van der Waals surface area (Å²) in [4.78, 5) is 20.6. The van der Waals surface area contributed by atoms with Crippen LogP contribution in [0.2, 0.25) is 0 Å². The lowest BCUT2D eigenvalue weighted by atomic mass is 10.1. The van der Waals surface area contributed by atoms with Crippen molar-refractivity contribution < 1.29 is 9.32 Å². The zero-order chi connectivity index (χ0) is 18.2.